The molecule has 1 amide bonds. The zero-order chi connectivity index (χ0) is 22.7. The van der Waals surface area contributed by atoms with Crippen molar-refractivity contribution in [3.8, 4) is 0 Å². The second-order valence-electron chi connectivity index (χ2n) is 10.2. The molecule has 32 heavy (non-hydrogen) atoms. The quantitative estimate of drug-likeness (QED) is 0.719. The molecule has 1 aliphatic heterocycles. The summed E-state index contributed by atoms with van der Waals surface area (Å²) in [5, 5.41) is 14.9. The van der Waals surface area contributed by atoms with Gasteiger partial charge in [-0.2, -0.15) is 10.2 Å². The molecular formula is C24H36N6O2. The monoisotopic (exact) mass is 440 g/mol. The van der Waals surface area contributed by atoms with Crippen molar-refractivity contribution >= 4 is 5.91 Å². The highest BCUT2D eigenvalue weighted by Crippen LogP contribution is 2.21. The number of fused-ring (bicyclic) bond motifs is 1. The van der Waals surface area contributed by atoms with E-state index in [1.54, 1.807) is 10.7 Å². The molecule has 1 fully saturated rings. The van der Waals surface area contributed by atoms with Gasteiger partial charge >= 0.3 is 0 Å². The Hall–Kier alpha value is -2.48. The van der Waals surface area contributed by atoms with Gasteiger partial charge in [-0.3, -0.25) is 19.6 Å². The summed E-state index contributed by atoms with van der Waals surface area (Å²) in [6, 6.07) is 3.88. The van der Waals surface area contributed by atoms with E-state index in [-0.39, 0.29) is 22.9 Å². The number of carbonyl (C=O) groups is 1. The molecule has 8 heteroatoms. The minimum absolute atomic E-state index is 0.000645. The minimum atomic E-state index is -0.144. The molecule has 1 aliphatic carbocycles. The van der Waals surface area contributed by atoms with Crippen molar-refractivity contribution in [3.05, 3.63) is 45.1 Å². The second kappa shape index (κ2) is 9.57. The lowest BCUT2D eigenvalue weighted by molar-refractivity contribution is 0.0904. The summed E-state index contributed by atoms with van der Waals surface area (Å²) in [6.45, 7) is 9.19. The number of hydrogen-bond acceptors (Lipinski definition) is 5. The number of nitrogens with one attached hydrogen (secondary N) is 2. The van der Waals surface area contributed by atoms with E-state index in [1.807, 2.05) is 6.07 Å². The van der Waals surface area contributed by atoms with Gasteiger partial charge in [0, 0.05) is 36.3 Å². The fraction of sp³-hybridized carbons (Fsp3) is 0.667. The molecule has 1 saturated heterocycles. The molecule has 0 radical (unpaired) electrons. The zero-order valence-corrected chi connectivity index (χ0v) is 19.6. The molecule has 0 spiro atoms. The van der Waals surface area contributed by atoms with E-state index < -0.39 is 0 Å². The van der Waals surface area contributed by atoms with Crippen molar-refractivity contribution in [3.63, 3.8) is 0 Å². The van der Waals surface area contributed by atoms with Gasteiger partial charge in [0.2, 0.25) is 0 Å². The standard InChI is InChI=1S/C24H36N6O2/c1-24(2,3)21-15-20(26-27-21)23(32)25-16-18-9-6-7-11-29(18)12-13-30-22(31)14-17-8-4-5-10-19(17)28-30/h14-15,18H,4-13,16H2,1-3H3,(H,25,32)(H,26,27). The van der Waals surface area contributed by atoms with Gasteiger partial charge in [0.25, 0.3) is 11.5 Å². The lowest BCUT2D eigenvalue weighted by Crippen LogP contribution is -2.48. The van der Waals surface area contributed by atoms with Crippen molar-refractivity contribution in [1.29, 1.82) is 0 Å². The molecule has 3 heterocycles. The summed E-state index contributed by atoms with van der Waals surface area (Å²) >= 11 is 0. The van der Waals surface area contributed by atoms with E-state index in [1.165, 1.54) is 0 Å². The largest absolute Gasteiger partial charge is 0.349 e. The van der Waals surface area contributed by atoms with Crippen LogP contribution in [0.3, 0.4) is 0 Å². The van der Waals surface area contributed by atoms with Gasteiger partial charge < -0.3 is 5.32 Å². The highest BCUT2D eigenvalue weighted by molar-refractivity contribution is 5.92. The summed E-state index contributed by atoms with van der Waals surface area (Å²) in [4.78, 5) is 27.5. The molecule has 2 N–H and O–H groups in total. The van der Waals surface area contributed by atoms with Gasteiger partial charge in [-0.25, -0.2) is 4.68 Å². The summed E-state index contributed by atoms with van der Waals surface area (Å²) in [5.74, 6) is -0.144. The predicted octanol–water partition coefficient (Wildman–Crippen LogP) is 2.43. The normalized spacial score (nSPS) is 19.5. The molecule has 1 unspecified atom stereocenters. The molecule has 0 bridgehead atoms. The second-order valence-corrected chi connectivity index (χ2v) is 10.2. The molecule has 2 aromatic heterocycles. The first-order valence-corrected chi connectivity index (χ1v) is 12.0. The number of likely N-dealkylation sites (tertiary alicyclic amines) is 1. The Morgan fingerprint density at radius 2 is 1.97 bits per heavy atom. The van der Waals surface area contributed by atoms with E-state index in [4.69, 9.17) is 0 Å². The van der Waals surface area contributed by atoms with Gasteiger partial charge in [-0.05, 0) is 56.7 Å². The van der Waals surface area contributed by atoms with Crippen LogP contribution in [0.4, 0.5) is 0 Å². The predicted molar refractivity (Wildman–Crippen MR) is 124 cm³/mol. The van der Waals surface area contributed by atoms with Crippen LogP contribution in [-0.2, 0) is 24.8 Å². The van der Waals surface area contributed by atoms with Crippen LogP contribution in [0.2, 0.25) is 0 Å². The lowest BCUT2D eigenvalue weighted by atomic mass is 9.92. The third-order valence-electron chi connectivity index (χ3n) is 6.74. The van der Waals surface area contributed by atoms with Crippen molar-refractivity contribution in [2.24, 2.45) is 0 Å². The number of hydrogen-bond donors (Lipinski definition) is 2. The first-order valence-electron chi connectivity index (χ1n) is 12.0. The van der Waals surface area contributed by atoms with Gasteiger partial charge in [0.15, 0.2) is 0 Å². The Labute approximate surface area is 189 Å². The fourth-order valence-corrected chi connectivity index (χ4v) is 4.69. The van der Waals surface area contributed by atoms with Crippen molar-refractivity contribution in [2.75, 3.05) is 19.6 Å². The number of aryl methyl sites for hydroxylation is 2. The van der Waals surface area contributed by atoms with E-state index in [0.717, 1.165) is 75.0 Å². The Balaban J connectivity index is 1.34. The van der Waals surface area contributed by atoms with Crippen LogP contribution in [0.15, 0.2) is 16.9 Å². The van der Waals surface area contributed by atoms with E-state index in [2.05, 4.69) is 46.3 Å². The molecule has 2 aromatic rings. The summed E-state index contributed by atoms with van der Waals surface area (Å²) < 4.78 is 1.63. The molecule has 174 valence electrons. The number of carbonyl (C=O) groups excluding carboxylic acids is 1. The van der Waals surface area contributed by atoms with Crippen LogP contribution >= 0.6 is 0 Å². The van der Waals surface area contributed by atoms with Gasteiger partial charge in [0.1, 0.15) is 5.69 Å². The van der Waals surface area contributed by atoms with Gasteiger partial charge in [0.05, 0.1) is 12.2 Å². The Morgan fingerprint density at radius 1 is 1.16 bits per heavy atom. The molecule has 0 saturated carbocycles. The first-order chi connectivity index (χ1) is 15.3. The van der Waals surface area contributed by atoms with Crippen LogP contribution < -0.4 is 10.9 Å². The van der Waals surface area contributed by atoms with Gasteiger partial charge in [-0.15, -0.1) is 0 Å². The maximum atomic E-state index is 12.6. The number of rotatable bonds is 6. The Bertz CT molecular complexity index is 1000. The van der Waals surface area contributed by atoms with E-state index in [0.29, 0.717) is 18.8 Å². The summed E-state index contributed by atoms with van der Waals surface area (Å²) in [7, 11) is 0. The van der Waals surface area contributed by atoms with Crippen molar-refractivity contribution in [1.82, 2.24) is 30.2 Å². The Morgan fingerprint density at radius 3 is 2.75 bits per heavy atom. The van der Waals surface area contributed by atoms with Crippen molar-refractivity contribution in [2.45, 2.75) is 83.7 Å². The smallest absolute Gasteiger partial charge is 0.271 e. The molecule has 4 rings (SSSR count). The number of piperidine rings is 1. The van der Waals surface area contributed by atoms with Gasteiger partial charge in [-0.1, -0.05) is 27.2 Å². The maximum absolute atomic E-state index is 12.6. The molecule has 0 aromatic carbocycles. The SMILES string of the molecule is CC(C)(C)c1cc(C(=O)NCC2CCCCN2CCn2nc3c(cc2=O)CCCC3)n[nH]1. The number of aromatic amines is 1. The van der Waals surface area contributed by atoms with Crippen molar-refractivity contribution < 1.29 is 4.79 Å². The fourth-order valence-electron chi connectivity index (χ4n) is 4.69. The van der Waals surface area contributed by atoms with Crippen LogP contribution in [0.25, 0.3) is 0 Å². The van der Waals surface area contributed by atoms with E-state index in [9.17, 15) is 9.59 Å². The summed E-state index contributed by atoms with van der Waals surface area (Å²) in [5.41, 5.74) is 3.53. The Kier molecular flexibility index (Phi) is 6.79. The highest BCUT2D eigenvalue weighted by Gasteiger charge is 2.25. The highest BCUT2D eigenvalue weighted by atomic mass is 16.2. The number of amides is 1. The third-order valence-corrected chi connectivity index (χ3v) is 6.74. The number of H-pyrrole nitrogens is 1. The zero-order valence-electron chi connectivity index (χ0n) is 19.6. The third kappa shape index (κ3) is 5.28. The average Bonchev–Trinajstić information content (AvgIpc) is 3.28. The first kappa shape index (κ1) is 22.7. The number of nitrogens with zero attached hydrogens (tertiary/aromatic N) is 4. The topological polar surface area (TPSA) is 95.9 Å². The lowest BCUT2D eigenvalue weighted by Gasteiger charge is -2.35. The molecule has 8 nitrogen and oxygen atoms in total. The van der Waals surface area contributed by atoms with Crippen LogP contribution in [-0.4, -0.2) is 56.5 Å². The number of aromatic nitrogens is 4. The summed E-state index contributed by atoms with van der Waals surface area (Å²) in [6.07, 6.45) is 7.59. The van der Waals surface area contributed by atoms with Crippen LogP contribution in [0.5, 0.6) is 0 Å². The van der Waals surface area contributed by atoms with Crippen LogP contribution in [0, 0.1) is 0 Å². The van der Waals surface area contributed by atoms with E-state index >= 15 is 0 Å². The molecule has 1 atom stereocenters. The average molecular weight is 441 g/mol. The molecule has 2 aliphatic rings. The minimum Gasteiger partial charge on any atom is -0.349 e. The van der Waals surface area contributed by atoms with Crippen LogP contribution in [0.1, 0.15) is 80.3 Å². The maximum Gasteiger partial charge on any atom is 0.271 e. The molecular weight excluding hydrogens is 404 g/mol.